The zero-order valence-electron chi connectivity index (χ0n) is 14.7. The molecule has 0 saturated carbocycles. The van der Waals surface area contributed by atoms with Gasteiger partial charge in [0.15, 0.2) is 5.82 Å². The minimum absolute atomic E-state index is 0.214. The predicted octanol–water partition coefficient (Wildman–Crippen LogP) is 3.31. The largest absolute Gasteiger partial charge is 0.305 e. The Balaban J connectivity index is 1.79. The van der Waals surface area contributed by atoms with Gasteiger partial charge in [-0.05, 0) is 24.1 Å². The molecule has 0 aliphatic heterocycles. The van der Waals surface area contributed by atoms with E-state index in [4.69, 9.17) is 0 Å². The van der Waals surface area contributed by atoms with Crippen molar-refractivity contribution in [2.45, 2.75) is 13.5 Å². The van der Waals surface area contributed by atoms with Gasteiger partial charge in [0.25, 0.3) is 17.3 Å². The van der Waals surface area contributed by atoms with Crippen LogP contribution < -0.4 is 5.32 Å². The van der Waals surface area contributed by atoms with Gasteiger partial charge in [-0.3, -0.25) is 29.7 Å². The summed E-state index contributed by atoms with van der Waals surface area (Å²) in [7, 11) is 0. The first kappa shape index (κ1) is 18.7. The molecule has 10 nitrogen and oxygen atoms in total. The van der Waals surface area contributed by atoms with Gasteiger partial charge in [-0.1, -0.05) is 24.3 Å². The molecule has 1 amide bonds. The summed E-state index contributed by atoms with van der Waals surface area (Å²) in [6.07, 6.45) is 1.67. The van der Waals surface area contributed by atoms with Crippen LogP contribution in [0.25, 0.3) is 0 Å². The number of nitrogens with one attached hydrogen (secondary N) is 1. The zero-order chi connectivity index (χ0) is 20.3. The van der Waals surface area contributed by atoms with E-state index < -0.39 is 27.1 Å². The number of hydrogen-bond acceptors (Lipinski definition) is 6. The number of rotatable bonds is 6. The van der Waals surface area contributed by atoms with E-state index in [1.807, 2.05) is 31.2 Å². The first-order valence-corrected chi connectivity index (χ1v) is 8.17. The van der Waals surface area contributed by atoms with Gasteiger partial charge < -0.3 is 5.32 Å². The van der Waals surface area contributed by atoms with Crippen LogP contribution in [0.1, 0.15) is 21.5 Å². The van der Waals surface area contributed by atoms with Crippen molar-refractivity contribution in [2.75, 3.05) is 5.32 Å². The van der Waals surface area contributed by atoms with Gasteiger partial charge in [0.2, 0.25) is 0 Å². The Morgan fingerprint density at radius 3 is 2.54 bits per heavy atom. The summed E-state index contributed by atoms with van der Waals surface area (Å²) in [6.45, 7) is 2.48. The number of amides is 1. The highest BCUT2D eigenvalue weighted by molar-refractivity contribution is 6.06. The highest BCUT2D eigenvalue weighted by Gasteiger charge is 2.24. The predicted molar refractivity (Wildman–Crippen MR) is 100 cm³/mol. The number of non-ortho nitro benzene ring substituents is 1. The van der Waals surface area contributed by atoms with Crippen LogP contribution in [0, 0.1) is 27.2 Å². The zero-order valence-corrected chi connectivity index (χ0v) is 14.7. The van der Waals surface area contributed by atoms with Crippen LogP contribution in [-0.2, 0) is 6.54 Å². The van der Waals surface area contributed by atoms with Crippen LogP contribution >= 0.6 is 0 Å². The second kappa shape index (κ2) is 7.66. The summed E-state index contributed by atoms with van der Waals surface area (Å²) in [5.74, 6) is -0.561. The smallest absolute Gasteiger partial charge is 0.289 e. The molecule has 2 aromatic carbocycles. The Bertz CT molecular complexity index is 1080. The Kier molecular flexibility index (Phi) is 5.12. The number of benzene rings is 2. The van der Waals surface area contributed by atoms with E-state index in [0.717, 1.165) is 29.3 Å². The highest BCUT2D eigenvalue weighted by Crippen LogP contribution is 2.25. The van der Waals surface area contributed by atoms with Crippen LogP contribution in [0.3, 0.4) is 0 Å². The topological polar surface area (TPSA) is 133 Å². The van der Waals surface area contributed by atoms with Gasteiger partial charge >= 0.3 is 0 Å². The minimum Gasteiger partial charge on any atom is -0.305 e. The molecule has 0 saturated heterocycles. The van der Waals surface area contributed by atoms with Gasteiger partial charge in [-0.2, -0.15) is 5.10 Å². The molecule has 3 aromatic rings. The number of carbonyl (C=O) groups is 1. The van der Waals surface area contributed by atoms with Crippen molar-refractivity contribution >= 4 is 23.1 Å². The standard InChI is InChI=1S/C18H15N5O5/c1-12-4-2-3-5-13(12)11-21-9-8-17(20-21)19-18(24)15-7-6-14(22(25)26)10-16(15)23(27)28/h2-10H,11H2,1H3,(H,19,20,24). The lowest BCUT2D eigenvalue weighted by Crippen LogP contribution is -2.15. The summed E-state index contributed by atoms with van der Waals surface area (Å²) in [4.78, 5) is 32.8. The second-order valence-corrected chi connectivity index (χ2v) is 5.99. The molecule has 10 heteroatoms. The van der Waals surface area contributed by atoms with E-state index in [-0.39, 0.29) is 11.4 Å². The van der Waals surface area contributed by atoms with Crippen molar-refractivity contribution in [2.24, 2.45) is 0 Å². The normalized spacial score (nSPS) is 10.5. The number of nitro groups is 2. The maximum Gasteiger partial charge on any atom is 0.289 e. The molecule has 0 radical (unpaired) electrons. The van der Waals surface area contributed by atoms with E-state index in [0.29, 0.717) is 6.54 Å². The van der Waals surface area contributed by atoms with Gasteiger partial charge in [0, 0.05) is 18.3 Å². The van der Waals surface area contributed by atoms with Crippen molar-refractivity contribution in [3.05, 3.63) is 91.6 Å². The molecule has 0 aliphatic carbocycles. The van der Waals surface area contributed by atoms with Crippen molar-refractivity contribution in [1.82, 2.24) is 9.78 Å². The first-order valence-electron chi connectivity index (χ1n) is 8.17. The Hall–Kier alpha value is -4.08. The Morgan fingerprint density at radius 1 is 1.11 bits per heavy atom. The van der Waals surface area contributed by atoms with Gasteiger partial charge in [-0.25, -0.2) is 0 Å². The van der Waals surface area contributed by atoms with Crippen LogP contribution in [0.2, 0.25) is 0 Å². The fourth-order valence-corrected chi connectivity index (χ4v) is 2.64. The highest BCUT2D eigenvalue weighted by atomic mass is 16.6. The maximum atomic E-state index is 12.4. The SMILES string of the molecule is Cc1ccccc1Cn1ccc(NC(=O)c2ccc([N+](=O)[O-])cc2[N+](=O)[O-])n1. The Labute approximate surface area is 158 Å². The molecule has 1 N–H and O–H groups in total. The monoisotopic (exact) mass is 381 g/mol. The van der Waals surface area contributed by atoms with Crippen LogP contribution in [-0.4, -0.2) is 25.5 Å². The van der Waals surface area contributed by atoms with Crippen LogP contribution in [0.4, 0.5) is 17.2 Å². The van der Waals surface area contributed by atoms with Gasteiger partial charge in [0.05, 0.1) is 22.5 Å². The third-order valence-corrected chi connectivity index (χ3v) is 4.11. The molecule has 28 heavy (non-hydrogen) atoms. The average Bonchev–Trinajstić information content (AvgIpc) is 3.09. The summed E-state index contributed by atoms with van der Waals surface area (Å²) in [6, 6.07) is 12.2. The molecule has 0 fully saturated rings. The number of carbonyl (C=O) groups excluding carboxylic acids is 1. The van der Waals surface area contributed by atoms with E-state index in [1.165, 1.54) is 0 Å². The van der Waals surface area contributed by atoms with E-state index >= 15 is 0 Å². The molecule has 0 bridgehead atoms. The van der Waals surface area contributed by atoms with Crippen LogP contribution in [0.15, 0.2) is 54.7 Å². The van der Waals surface area contributed by atoms with E-state index in [2.05, 4.69) is 10.4 Å². The second-order valence-electron chi connectivity index (χ2n) is 5.99. The number of anilines is 1. The molecular formula is C18H15N5O5. The third kappa shape index (κ3) is 4.01. The van der Waals surface area contributed by atoms with Crippen molar-refractivity contribution < 1.29 is 14.6 Å². The molecular weight excluding hydrogens is 366 g/mol. The molecule has 3 rings (SSSR count). The number of aromatic nitrogens is 2. The van der Waals surface area contributed by atoms with E-state index in [1.54, 1.807) is 16.9 Å². The molecule has 0 atom stereocenters. The number of aryl methyl sites for hydroxylation is 1. The quantitative estimate of drug-likeness (QED) is 0.514. The van der Waals surface area contributed by atoms with Crippen molar-refractivity contribution in [3.8, 4) is 0 Å². The number of hydrogen-bond donors (Lipinski definition) is 1. The minimum atomic E-state index is -0.835. The third-order valence-electron chi connectivity index (χ3n) is 4.11. The van der Waals surface area contributed by atoms with Gasteiger partial charge in [-0.15, -0.1) is 0 Å². The summed E-state index contributed by atoms with van der Waals surface area (Å²) < 4.78 is 1.63. The summed E-state index contributed by atoms with van der Waals surface area (Å²) in [5, 5.41) is 28.7. The number of nitrogens with zero attached hydrogens (tertiary/aromatic N) is 4. The molecule has 1 aromatic heterocycles. The fraction of sp³-hybridized carbons (Fsp3) is 0.111. The average molecular weight is 381 g/mol. The molecule has 0 aliphatic rings. The van der Waals surface area contributed by atoms with Crippen molar-refractivity contribution in [1.29, 1.82) is 0 Å². The Morgan fingerprint density at radius 2 is 1.86 bits per heavy atom. The molecule has 1 heterocycles. The number of nitro benzene ring substituents is 2. The van der Waals surface area contributed by atoms with E-state index in [9.17, 15) is 25.0 Å². The van der Waals surface area contributed by atoms with Crippen molar-refractivity contribution in [3.63, 3.8) is 0 Å². The lowest BCUT2D eigenvalue weighted by atomic mass is 10.1. The molecule has 0 unspecified atom stereocenters. The molecule has 0 spiro atoms. The lowest BCUT2D eigenvalue weighted by molar-refractivity contribution is -0.394. The lowest BCUT2D eigenvalue weighted by Gasteiger charge is -2.06. The van der Waals surface area contributed by atoms with Gasteiger partial charge in [0.1, 0.15) is 5.56 Å². The fourth-order valence-electron chi connectivity index (χ4n) is 2.64. The summed E-state index contributed by atoms with van der Waals surface area (Å²) >= 11 is 0. The van der Waals surface area contributed by atoms with Crippen LogP contribution in [0.5, 0.6) is 0 Å². The summed E-state index contributed by atoms with van der Waals surface area (Å²) in [5.41, 5.74) is 0.764. The molecule has 142 valence electrons. The first-order chi connectivity index (χ1) is 13.3. The maximum absolute atomic E-state index is 12.4.